The number of benzene rings is 1. The van der Waals surface area contributed by atoms with Crippen molar-refractivity contribution in [2.45, 2.75) is 71.5 Å². The number of unbranched alkanes of at least 4 members (excludes halogenated alkanes) is 1. The highest BCUT2D eigenvalue weighted by Crippen LogP contribution is 2.20. The van der Waals surface area contributed by atoms with Crippen molar-refractivity contribution in [1.29, 1.82) is 0 Å². The van der Waals surface area contributed by atoms with E-state index in [-0.39, 0.29) is 5.91 Å². The molecule has 3 nitrogen and oxygen atoms in total. The summed E-state index contributed by atoms with van der Waals surface area (Å²) in [5.74, 6) is 2.27. The van der Waals surface area contributed by atoms with Gasteiger partial charge in [-0.25, -0.2) is 0 Å². The van der Waals surface area contributed by atoms with Gasteiger partial charge in [0, 0.05) is 31.3 Å². The molecular formula is C21H34N2OS. The number of likely N-dealkylation sites (tertiary alicyclic amines) is 1. The van der Waals surface area contributed by atoms with E-state index in [1.54, 1.807) is 0 Å². The standard InChI is InChI=1S/C21H34N2OS/c1-3-4-14-25-15-12-21(24)22-16-19-10-5-6-11-20(19)17-23-13-8-7-9-18(23)2/h5-6,10-11,18H,3-4,7-9,12-17H2,1-2H3,(H,22,24). The zero-order chi connectivity index (χ0) is 17.9. The Morgan fingerprint density at radius 2 is 2.04 bits per heavy atom. The van der Waals surface area contributed by atoms with Gasteiger partial charge in [-0.05, 0) is 49.6 Å². The molecule has 1 aliphatic heterocycles. The van der Waals surface area contributed by atoms with Crippen molar-refractivity contribution in [2.75, 3.05) is 18.1 Å². The Morgan fingerprint density at radius 1 is 1.24 bits per heavy atom. The molecule has 1 aromatic rings. The minimum atomic E-state index is 0.171. The topological polar surface area (TPSA) is 32.3 Å². The maximum Gasteiger partial charge on any atom is 0.221 e. The summed E-state index contributed by atoms with van der Waals surface area (Å²) < 4.78 is 0. The van der Waals surface area contributed by atoms with Gasteiger partial charge in [-0.1, -0.05) is 44.0 Å². The van der Waals surface area contributed by atoms with Gasteiger partial charge in [0.2, 0.25) is 5.91 Å². The molecule has 0 saturated carbocycles. The second kappa shape index (κ2) is 11.6. The molecule has 0 aliphatic carbocycles. The van der Waals surface area contributed by atoms with Crippen LogP contribution in [0.1, 0.15) is 63.5 Å². The van der Waals surface area contributed by atoms with Crippen LogP contribution in [0.5, 0.6) is 0 Å². The summed E-state index contributed by atoms with van der Waals surface area (Å²) >= 11 is 1.89. The Kier molecular flexibility index (Phi) is 9.41. The quantitative estimate of drug-likeness (QED) is 0.617. The van der Waals surface area contributed by atoms with E-state index in [1.807, 2.05) is 11.8 Å². The zero-order valence-corrected chi connectivity index (χ0v) is 16.7. The van der Waals surface area contributed by atoms with Gasteiger partial charge in [-0.3, -0.25) is 9.69 Å². The molecule has 1 amide bonds. The number of piperidine rings is 1. The van der Waals surface area contributed by atoms with E-state index < -0.39 is 0 Å². The second-order valence-electron chi connectivity index (χ2n) is 7.08. The van der Waals surface area contributed by atoms with Crippen molar-refractivity contribution in [3.63, 3.8) is 0 Å². The fourth-order valence-corrected chi connectivity index (χ4v) is 4.32. The number of rotatable bonds is 10. The van der Waals surface area contributed by atoms with Crippen LogP contribution in [0.15, 0.2) is 24.3 Å². The average molecular weight is 363 g/mol. The van der Waals surface area contributed by atoms with Crippen molar-refractivity contribution in [3.8, 4) is 0 Å². The fourth-order valence-electron chi connectivity index (χ4n) is 3.29. The van der Waals surface area contributed by atoms with E-state index in [0.717, 1.165) is 12.3 Å². The van der Waals surface area contributed by atoms with Gasteiger partial charge in [0.05, 0.1) is 0 Å². The van der Waals surface area contributed by atoms with Gasteiger partial charge in [0.1, 0.15) is 0 Å². The lowest BCUT2D eigenvalue weighted by Gasteiger charge is -2.33. The van der Waals surface area contributed by atoms with Gasteiger partial charge in [-0.15, -0.1) is 0 Å². The predicted molar refractivity (Wildman–Crippen MR) is 109 cm³/mol. The van der Waals surface area contributed by atoms with Crippen LogP contribution >= 0.6 is 11.8 Å². The van der Waals surface area contributed by atoms with Crippen molar-refractivity contribution in [3.05, 3.63) is 35.4 Å². The smallest absolute Gasteiger partial charge is 0.221 e. The number of hydrogen-bond donors (Lipinski definition) is 1. The summed E-state index contributed by atoms with van der Waals surface area (Å²) in [6, 6.07) is 9.21. The lowest BCUT2D eigenvalue weighted by Crippen LogP contribution is -2.37. The Morgan fingerprint density at radius 3 is 2.80 bits per heavy atom. The summed E-state index contributed by atoms with van der Waals surface area (Å²) in [4.78, 5) is 14.6. The molecule has 140 valence electrons. The van der Waals surface area contributed by atoms with Gasteiger partial charge in [0.25, 0.3) is 0 Å². The molecule has 1 atom stereocenters. The van der Waals surface area contributed by atoms with Crippen LogP contribution in [-0.2, 0) is 17.9 Å². The van der Waals surface area contributed by atoms with E-state index >= 15 is 0 Å². The molecule has 1 N–H and O–H groups in total. The highest BCUT2D eigenvalue weighted by atomic mass is 32.2. The highest BCUT2D eigenvalue weighted by Gasteiger charge is 2.19. The van der Waals surface area contributed by atoms with E-state index in [1.165, 1.54) is 55.5 Å². The Bertz CT molecular complexity index is 520. The number of carbonyl (C=O) groups excluding carboxylic acids is 1. The lowest BCUT2D eigenvalue weighted by molar-refractivity contribution is -0.120. The first-order valence-electron chi connectivity index (χ1n) is 9.86. The third-order valence-corrected chi connectivity index (χ3v) is 6.09. The molecule has 1 saturated heterocycles. The Balaban J connectivity index is 1.78. The molecular weight excluding hydrogens is 328 g/mol. The summed E-state index contributed by atoms with van der Waals surface area (Å²) in [6.07, 6.45) is 7.05. The van der Waals surface area contributed by atoms with Crippen LogP contribution < -0.4 is 5.32 Å². The Labute approximate surface area is 157 Å². The SMILES string of the molecule is CCCCSCCC(=O)NCc1ccccc1CN1CCCCC1C. The van der Waals surface area contributed by atoms with Crippen LogP contribution in [0.4, 0.5) is 0 Å². The summed E-state index contributed by atoms with van der Waals surface area (Å²) in [7, 11) is 0. The largest absolute Gasteiger partial charge is 0.352 e. The van der Waals surface area contributed by atoms with Crippen molar-refractivity contribution < 1.29 is 4.79 Å². The number of amides is 1. The number of nitrogens with zero attached hydrogens (tertiary/aromatic N) is 1. The number of carbonyl (C=O) groups is 1. The maximum atomic E-state index is 12.1. The first-order chi connectivity index (χ1) is 12.2. The number of thioether (sulfide) groups is 1. The summed E-state index contributed by atoms with van der Waals surface area (Å²) in [6.45, 7) is 7.38. The van der Waals surface area contributed by atoms with Gasteiger partial charge in [0.15, 0.2) is 0 Å². The molecule has 25 heavy (non-hydrogen) atoms. The van der Waals surface area contributed by atoms with Gasteiger partial charge in [-0.2, -0.15) is 11.8 Å². The van der Waals surface area contributed by atoms with Crippen LogP contribution in [0.2, 0.25) is 0 Å². The van der Waals surface area contributed by atoms with E-state index in [2.05, 4.69) is 48.3 Å². The Hall–Kier alpha value is -1.00. The van der Waals surface area contributed by atoms with Crippen molar-refractivity contribution in [2.24, 2.45) is 0 Å². The van der Waals surface area contributed by atoms with E-state index in [0.29, 0.717) is 19.0 Å². The molecule has 0 aromatic heterocycles. The van der Waals surface area contributed by atoms with E-state index in [9.17, 15) is 4.79 Å². The molecule has 1 fully saturated rings. The lowest BCUT2D eigenvalue weighted by atomic mass is 10.0. The number of hydrogen-bond acceptors (Lipinski definition) is 3. The second-order valence-corrected chi connectivity index (χ2v) is 8.30. The van der Waals surface area contributed by atoms with Crippen molar-refractivity contribution >= 4 is 17.7 Å². The monoisotopic (exact) mass is 362 g/mol. The normalized spacial score (nSPS) is 18.2. The molecule has 1 aliphatic rings. The van der Waals surface area contributed by atoms with Gasteiger partial charge >= 0.3 is 0 Å². The molecule has 4 heteroatoms. The molecule has 2 rings (SSSR count). The van der Waals surface area contributed by atoms with Crippen LogP contribution in [0, 0.1) is 0 Å². The van der Waals surface area contributed by atoms with Crippen LogP contribution in [0.25, 0.3) is 0 Å². The average Bonchev–Trinajstić information content (AvgIpc) is 2.63. The number of nitrogens with one attached hydrogen (secondary N) is 1. The molecule has 1 heterocycles. The highest BCUT2D eigenvalue weighted by molar-refractivity contribution is 7.99. The summed E-state index contributed by atoms with van der Waals surface area (Å²) in [5, 5.41) is 3.11. The van der Waals surface area contributed by atoms with Crippen molar-refractivity contribution in [1.82, 2.24) is 10.2 Å². The predicted octanol–water partition coefficient (Wildman–Crippen LogP) is 4.60. The summed E-state index contributed by atoms with van der Waals surface area (Å²) in [5.41, 5.74) is 2.61. The minimum absolute atomic E-state index is 0.171. The van der Waals surface area contributed by atoms with Crippen LogP contribution in [0.3, 0.4) is 0 Å². The molecule has 0 radical (unpaired) electrons. The maximum absolute atomic E-state index is 12.1. The first-order valence-corrected chi connectivity index (χ1v) is 11.0. The molecule has 1 unspecified atom stereocenters. The first kappa shape index (κ1) is 20.3. The minimum Gasteiger partial charge on any atom is -0.352 e. The molecule has 1 aromatic carbocycles. The van der Waals surface area contributed by atoms with E-state index in [4.69, 9.17) is 0 Å². The zero-order valence-electron chi connectivity index (χ0n) is 15.9. The molecule has 0 spiro atoms. The fraction of sp³-hybridized carbons (Fsp3) is 0.667. The molecule has 0 bridgehead atoms. The van der Waals surface area contributed by atoms with Gasteiger partial charge < -0.3 is 5.32 Å². The third kappa shape index (κ3) is 7.41. The van der Waals surface area contributed by atoms with Crippen LogP contribution in [-0.4, -0.2) is 34.9 Å². The third-order valence-electron chi connectivity index (χ3n) is 5.02.